The Hall–Kier alpha value is -3.75. The second-order valence-electron chi connectivity index (χ2n) is 10.8. The fraction of sp³-hybridized carbons (Fsp3) is 0.300. The maximum atomic E-state index is 13.6. The number of aliphatic hydroxyl groups excluding tert-OH is 1. The third-order valence-electron chi connectivity index (χ3n) is 6.71. The molecule has 0 saturated carbocycles. The second-order valence-corrected chi connectivity index (χ2v) is 11.2. The summed E-state index contributed by atoms with van der Waals surface area (Å²) in [6.45, 7) is 5.69. The molecule has 1 N–H and O–H groups in total. The standard InChI is InChI=1S/C30H29ClFN3O4/c1-30(2,3)39-29(38)34-16-19(27(37)17-34)15-26(36)18-8-13-23-25(14-18)35(21-11-9-20(32)10-12-21)33-28(23)22-6-4-5-7-24(22)31/h4-14,19,27,37H,15-17H2,1-3H3/t19-,27-/m1/s1. The molecule has 2 atom stereocenters. The number of Topliss-reactive ketones (excluding diaryl/α,β-unsaturated/α-hetero) is 1. The van der Waals surface area contributed by atoms with Crippen molar-refractivity contribution in [1.29, 1.82) is 0 Å². The molecule has 0 spiro atoms. The molecule has 1 aliphatic rings. The average molecular weight is 550 g/mol. The molecule has 1 saturated heterocycles. The minimum absolute atomic E-state index is 0.0635. The number of aromatic nitrogens is 2. The number of hydrogen-bond acceptors (Lipinski definition) is 5. The van der Waals surface area contributed by atoms with Gasteiger partial charge < -0.3 is 14.7 Å². The molecule has 1 amide bonds. The summed E-state index contributed by atoms with van der Waals surface area (Å²) in [7, 11) is 0. The first-order chi connectivity index (χ1) is 18.5. The van der Waals surface area contributed by atoms with Crippen LogP contribution in [0.25, 0.3) is 27.8 Å². The number of carbonyl (C=O) groups is 2. The van der Waals surface area contributed by atoms with Crippen LogP contribution < -0.4 is 0 Å². The number of ketones is 1. The maximum Gasteiger partial charge on any atom is 0.410 e. The van der Waals surface area contributed by atoms with E-state index in [1.54, 1.807) is 55.8 Å². The Bertz CT molecular complexity index is 1540. The molecule has 0 aliphatic carbocycles. The molecule has 5 rings (SSSR count). The van der Waals surface area contributed by atoms with Gasteiger partial charge >= 0.3 is 6.09 Å². The number of carbonyl (C=O) groups excluding carboxylic acids is 2. The fourth-order valence-electron chi connectivity index (χ4n) is 4.81. The summed E-state index contributed by atoms with van der Waals surface area (Å²) in [5.41, 5.74) is 2.45. The number of nitrogens with zero attached hydrogens (tertiary/aromatic N) is 3. The van der Waals surface area contributed by atoms with Crippen molar-refractivity contribution in [3.8, 4) is 16.9 Å². The highest BCUT2D eigenvalue weighted by Crippen LogP contribution is 2.35. The van der Waals surface area contributed by atoms with Crippen molar-refractivity contribution in [2.24, 2.45) is 5.92 Å². The molecule has 0 radical (unpaired) electrons. The number of benzene rings is 3. The zero-order valence-corrected chi connectivity index (χ0v) is 22.7. The molecular weight excluding hydrogens is 521 g/mol. The summed E-state index contributed by atoms with van der Waals surface area (Å²) in [5, 5.41) is 16.7. The SMILES string of the molecule is CC(C)(C)OC(=O)N1C[C@@H](CC(=O)c2ccc3c(-c4ccccc4Cl)nn(-c4ccc(F)cc4)c3c2)[C@H](O)C1. The predicted octanol–water partition coefficient (Wildman–Crippen LogP) is 6.29. The van der Waals surface area contributed by atoms with Crippen molar-refractivity contribution in [2.75, 3.05) is 13.1 Å². The summed E-state index contributed by atoms with van der Waals surface area (Å²) in [6.07, 6.45) is -1.27. The van der Waals surface area contributed by atoms with Crippen molar-refractivity contribution in [3.63, 3.8) is 0 Å². The summed E-state index contributed by atoms with van der Waals surface area (Å²) < 4.78 is 20.7. The van der Waals surface area contributed by atoms with E-state index in [0.29, 0.717) is 27.5 Å². The van der Waals surface area contributed by atoms with Crippen LogP contribution in [0, 0.1) is 11.7 Å². The first kappa shape index (κ1) is 26.8. The van der Waals surface area contributed by atoms with Crippen molar-refractivity contribution in [1.82, 2.24) is 14.7 Å². The minimum Gasteiger partial charge on any atom is -0.444 e. The van der Waals surface area contributed by atoms with E-state index in [-0.39, 0.29) is 31.1 Å². The van der Waals surface area contributed by atoms with Gasteiger partial charge in [0.05, 0.1) is 28.9 Å². The molecule has 1 fully saturated rings. The molecule has 4 aromatic rings. The van der Waals surface area contributed by atoms with Gasteiger partial charge in [0, 0.05) is 35.4 Å². The van der Waals surface area contributed by atoms with E-state index in [2.05, 4.69) is 0 Å². The van der Waals surface area contributed by atoms with Crippen LogP contribution in [0.2, 0.25) is 5.02 Å². The molecule has 202 valence electrons. The number of fused-ring (bicyclic) bond motifs is 1. The van der Waals surface area contributed by atoms with E-state index in [0.717, 1.165) is 10.9 Å². The summed E-state index contributed by atoms with van der Waals surface area (Å²) >= 11 is 6.48. The van der Waals surface area contributed by atoms with Crippen LogP contribution in [0.4, 0.5) is 9.18 Å². The number of β-amino-alcohol motifs (C(OH)–C–C–N with tert-alkyl or cyclic N) is 1. The normalized spacial score (nSPS) is 17.5. The number of halogens is 2. The zero-order chi connectivity index (χ0) is 27.9. The Morgan fingerprint density at radius 1 is 1.08 bits per heavy atom. The predicted molar refractivity (Wildman–Crippen MR) is 148 cm³/mol. The van der Waals surface area contributed by atoms with Gasteiger partial charge in [-0.1, -0.05) is 35.9 Å². The van der Waals surface area contributed by atoms with Crippen LogP contribution in [0.5, 0.6) is 0 Å². The van der Waals surface area contributed by atoms with Gasteiger partial charge in [0.1, 0.15) is 17.1 Å². The molecule has 1 aromatic heterocycles. The number of hydrogen-bond donors (Lipinski definition) is 1. The minimum atomic E-state index is -0.832. The fourth-order valence-corrected chi connectivity index (χ4v) is 5.03. The van der Waals surface area contributed by atoms with Crippen LogP contribution in [0.15, 0.2) is 66.7 Å². The highest BCUT2D eigenvalue weighted by molar-refractivity contribution is 6.33. The third kappa shape index (κ3) is 5.67. The number of ether oxygens (including phenoxy) is 1. The Kier molecular flexibility index (Phi) is 7.18. The molecule has 3 aromatic carbocycles. The van der Waals surface area contributed by atoms with Crippen molar-refractivity contribution in [3.05, 3.63) is 83.1 Å². The smallest absolute Gasteiger partial charge is 0.410 e. The van der Waals surface area contributed by atoms with Gasteiger partial charge in [-0.15, -0.1) is 0 Å². The maximum absolute atomic E-state index is 13.6. The van der Waals surface area contributed by atoms with Crippen LogP contribution in [0.3, 0.4) is 0 Å². The number of rotatable bonds is 5. The van der Waals surface area contributed by atoms with E-state index in [1.807, 2.05) is 24.3 Å². The lowest BCUT2D eigenvalue weighted by Crippen LogP contribution is -2.35. The molecule has 0 bridgehead atoms. The van der Waals surface area contributed by atoms with Crippen LogP contribution >= 0.6 is 11.6 Å². The monoisotopic (exact) mass is 549 g/mol. The van der Waals surface area contributed by atoms with E-state index in [1.165, 1.54) is 17.0 Å². The number of amides is 1. The molecule has 39 heavy (non-hydrogen) atoms. The van der Waals surface area contributed by atoms with Crippen molar-refractivity contribution < 1.29 is 23.8 Å². The molecule has 9 heteroatoms. The largest absolute Gasteiger partial charge is 0.444 e. The Morgan fingerprint density at radius 3 is 2.49 bits per heavy atom. The van der Waals surface area contributed by atoms with E-state index in [9.17, 15) is 19.1 Å². The van der Waals surface area contributed by atoms with Crippen molar-refractivity contribution in [2.45, 2.75) is 38.9 Å². The van der Waals surface area contributed by atoms with E-state index in [4.69, 9.17) is 21.4 Å². The topological polar surface area (TPSA) is 84.7 Å². The molecule has 7 nitrogen and oxygen atoms in total. The highest BCUT2D eigenvalue weighted by atomic mass is 35.5. The average Bonchev–Trinajstić information content (AvgIpc) is 3.44. The third-order valence-corrected chi connectivity index (χ3v) is 7.04. The van der Waals surface area contributed by atoms with Gasteiger partial charge in [0.25, 0.3) is 0 Å². The molecular formula is C30H29ClFN3O4. The van der Waals surface area contributed by atoms with Gasteiger partial charge in [-0.25, -0.2) is 13.9 Å². The zero-order valence-electron chi connectivity index (χ0n) is 21.9. The summed E-state index contributed by atoms with van der Waals surface area (Å²) in [5.74, 6) is -0.951. The molecule has 0 unspecified atom stereocenters. The Labute approximate surface area is 230 Å². The first-order valence-electron chi connectivity index (χ1n) is 12.7. The summed E-state index contributed by atoms with van der Waals surface area (Å²) in [4.78, 5) is 27.3. The van der Waals surface area contributed by atoms with Gasteiger partial charge in [-0.3, -0.25) is 4.79 Å². The van der Waals surface area contributed by atoms with Gasteiger partial charge in [0.15, 0.2) is 5.78 Å². The summed E-state index contributed by atoms with van der Waals surface area (Å²) in [6, 6.07) is 18.6. The molecule has 1 aliphatic heterocycles. The Morgan fingerprint density at radius 2 is 1.79 bits per heavy atom. The van der Waals surface area contributed by atoms with E-state index >= 15 is 0 Å². The number of likely N-dealkylation sites (tertiary alicyclic amines) is 1. The lowest BCUT2D eigenvalue weighted by Gasteiger charge is -2.24. The van der Waals surface area contributed by atoms with E-state index < -0.39 is 23.7 Å². The van der Waals surface area contributed by atoms with Crippen LogP contribution in [0.1, 0.15) is 37.6 Å². The molecule has 2 heterocycles. The quantitative estimate of drug-likeness (QED) is 0.296. The van der Waals surface area contributed by atoms with Crippen LogP contribution in [-0.2, 0) is 4.74 Å². The lowest BCUT2D eigenvalue weighted by molar-refractivity contribution is 0.0269. The first-order valence-corrected chi connectivity index (χ1v) is 13.1. The van der Waals surface area contributed by atoms with Gasteiger partial charge in [-0.2, -0.15) is 5.10 Å². The van der Waals surface area contributed by atoms with Gasteiger partial charge in [-0.05, 0) is 63.2 Å². The van der Waals surface area contributed by atoms with Crippen molar-refractivity contribution >= 4 is 34.4 Å². The number of aliphatic hydroxyl groups is 1. The Balaban J connectivity index is 1.46. The highest BCUT2D eigenvalue weighted by Gasteiger charge is 2.37. The second kappa shape index (κ2) is 10.4. The lowest BCUT2D eigenvalue weighted by atomic mass is 9.95. The van der Waals surface area contributed by atoms with Crippen LogP contribution in [-0.4, -0.2) is 56.5 Å². The van der Waals surface area contributed by atoms with Gasteiger partial charge in [0.2, 0.25) is 0 Å².